The number of fused-ring (bicyclic) bond motifs is 1. The summed E-state index contributed by atoms with van der Waals surface area (Å²) < 4.78 is 0. The fourth-order valence-electron chi connectivity index (χ4n) is 2.18. The predicted molar refractivity (Wildman–Crippen MR) is 92.6 cm³/mol. The number of hydrogen-bond donors (Lipinski definition) is 2. The van der Waals surface area contributed by atoms with Crippen molar-refractivity contribution < 1.29 is 9.59 Å². The van der Waals surface area contributed by atoms with Gasteiger partial charge in [-0.05, 0) is 29.1 Å². The molecule has 2 N–H and O–H groups in total. The van der Waals surface area contributed by atoms with Gasteiger partial charge in [0.05, 0.1) is 6.21 Å². The van der Waals surface area contributed by atoms with E-state index in [9.17, 15) is 9.59 Å². The number of amides is 2. The molecule has 0 unspecified atom stereocenters. The molecule has 2 aromatic carbocycles. The highest BCUT2D eigenvalue weighted by atomic mass is 16.2. The van der Waals surface area contributed by atoms with E-state index in [4.69, 9.17) is 0 Å². The van der Waals surface area contributed by atoms with Gasteiger partial charge in [0.1, 0.15) is 0 Å². The van der Waals surface area contributed by atoms with Crippen LogP contribution in [-0.4, -0.2) is 23.0 Å². The molecule has 0 saturated carbocycles. The number of nitrogens with zero attached hydrogens (tertiary/aromatic N) is 2. The summed E-state index contributed by atoms with van der Waals surface area (Å²) in [4.78, 5) is 27.7. The minimum atomic E-state index is -0.840. The van der Waals surface area contributed by atoms with E-state index in [0.29, 0.717) is 5.69 Å². The van der Waals surface area contributed by atoms with Crippen LogP contribution >= 0.6 is 0 Å². The lowest BCUT2D eigenvalue weighted by atomic mass is 10.1. The first-order valence-electron chi connectivity index (χ1n) is 7.26. The second-order valence-electron chi connectivity index (χ2n) is 4.96. The van der Waals surface area contributed by atoms with Crippen molar-refractivity contribution in [3.63, 3.8) is 0 Å². The summed E-state index contributed by atoms with van der Waals surface area (Å²) in [6.07, 6.45) is 4.65. The number of nitrogens with one attached hydrogen (secondary N) is 2. The SMILES string of the molecule is O=C(N/N=C\c1ccncc1)C(=O)Nc1cccc2ccccc12. The number of carbonyl (C=O) groups excluding carboxylic acids is 2. The van der Waals surface area contributed by atoms with Crippen molar-refractivity contribution in [2.24, 2.45) is 5.10 Å². The van der Waals surface area contributed by atoms with Crippen molar-refractivity contribution in [3.05, 3.63) is 72.6 Å². The Bertz CT molecular complexity index is 902. The normalized spacial score (nSPS) is 10.7. The molecule has 0 atom stereocenters. The smallest absolute Gasteiger partial charge is 0.317 e. The lowest BCUT2D eigenvalue weighted by Crippen LogP contribution is -2.32. The van der Waals surface area contributed by atoms with Crippen molar-refractivity contribution in [2.75, 3.05) is 5.32 Å². The van der Waals surface area contributed by atoms with Crippen LogP contribution in [0.4, 0.5) is 5.69 Å². The Morgan fingerprint density at radius 3 is 2.50 bits per heavy atom. The maximum absolute atomic E-state index is 12.0. The molecule has 0 saturated heterocycles. The Morgan fingerprint density at radius 2 is 1.67 bits per heavy atom. The summed E-state index contributed by atoms with van der Waals surface area (Å²) >= 11 is 0. The first kappa shape index (κ1) is 15.4. The van der Waals surface area contributed by atoms with E-state index in [1.165, 1.54) is 6.21 Å². The first-order valence-corrected chi connectivity index (χ1v) is 7.26. The van der Waals surface area contributed by atoms with Crippen LogP contribution in [0.25, 0.3) is 10.8 Å². The van der Waals surface area contributed by atoms with Gasteiger partial charge in [-0.2, -0.15) is 5.10 Å². The Balaban J connectivity index is 1.66. The molecule has 0 aliphatic heterocycles. The summed E-state index contributed by atoms with van der Waals surface area (Å²) in [7, 11) is 0. The Hall–Kier alpha value is -3.54. The molecule has 24 heavy (non-hydrogen) atoms. The number of pyridine rings is 1. The second-order valence-corrected chi connectivity index (χ2v) is 4.96. The third-order valence-electron chi connectivity index (χ3n) is 3.33. The summed E-state index contributed by atoms with van der Waals surface area (Å²) in [6.45, 7) is 0. The summed E-state index contributed by atoms with van der Waals surface area (Å²) in [5, 5.41) is 8.19. The van der Waals surface area contributed by atoms with Gasteiger partial charge in [-0.15, -0.1) is 0 Å². The average molecular weight is 318 g/mol. The molecule has 1 heterocycles. The molecule has 0 fully saturated rings. The zero-order valence-electron chi connectivity index (χ0n) is 12.6. The van der Waals surface area contributed by atoms with Crippen LogP contribution in [0.2, 0.25) is 0 Å². The second kappa shape index (κ2) is 7.15. The van der Waals surface area contributed by atoms with Crippen LogP contribution in [0.1, 0.15) is 5.56 Å². The highest BCUT2D eigenvalue weighted by Crippen LogP contribution is 2.22. The molecule has 3 aromatic rings. The number of carbonyl (C=O) groups is 2. The molecule has 0 radical (unpaired) electrons. The number of rotatable bonds is 3. The van der Waals surface area contributed by atoms with E-state index >= 15 is 0 Å². The Labute approximate surface area is 138 Å². The van der Waals surface area contributed by atoms with E-state index in [0.717, 1.165) is 16.3 Å². The number of benzene rings is 2. The minimum absolute atomic E-state index is 0.575. The van der Waals surface area contributed by atoms with E-state index in [-0.39, 0.29) is 0 Å². The van der Waals surface area contributed by atoms with Gasteiger partial charge in [-0.1, -0.05) is 36.4 Å². The van der Waals surface area contributed by atoms with Crippen molar-refractivity contribution >= 4 is 34.5 Å². The quantitative estimate of drug-likeness (QED) is 0.441. The number of anilines is 1. The molecule has 1 aromatic heterocycles. The topological polar surface area (TPSA) is 83.5 Å². The zero-order valence-corrected chi connectivity index (χ0v) is 12.6. The summed E-state index contributed by atoms with van der Waals surface area (Å²) in [5.41, 5.74) is 3.54. The molecule has 6 nitrogen and oxygen atoms in total. The molecule has 3 rings (SSSR count). The zero-order chi connectivity index (χ0) is 16.8. The van der Waals surface area contributed by atoms with Crippen LogP contribution < -0.4 is 10.7 Å². The molecule has 0 aliphatic rings. The molecule has 0 aliphatic carbocycles. The Morgan fingerprint density at radius 1 is 0.917 bits per heavy atom. The first-order chi connectivity index (χ1) is 11.7. The molecule has 0 bridgehead atoms. The predicted octanol–water partition coefficient (Wildman–Crippen LogP) is 2.32. The van der Waals surface area contributed by atoms with E-state index in [1.807, 2.05) is 36.4 Å². The van der Waals surface area contributed by atoms with Crippen LogP contribution in [-0.2, 0) is 9.59 Å². The minimum Gasteiger partial charge on any atom is -0.317 e. The Kier molecular flexibility index (Phi) is 4.57. The van der Waals surface area contributed by atoms with Gasteiger partial charge in [-0.25, -0.2) is 5.43 Å². The molecular formula is C18H14N4O2. The molecule has 6 heteroatoms. The largest absolute Gasteiger partial charge is 0.329 e. The fraction of sp³-hybridized carbons (Fsp3) is 0. The summed E-state index contributed by atoms with van der Waals surface area (Å²) in [6, 6.07) is 16.5. The van der Waals surface area contributed by atoms with Crippen molar-refractivity contribution in [2.45, 2.75) is 0 Å². The number of hydrogen-bond acceptors (Lipinski definition) is 4. The van der Waals surface area contributed by atoms with E-state index < -0.39 is 11.8 Å². The van der Waals surface area contributed by atoms with Crippen LogP contribution in [0.15, 0.2) is 72.1 Å². The highest BCUT2D eigenvalue weighted by molar-refractivity contribution is 6.40. The standard InChI is InChI=1S/C18H14N4O2/c23-17(18(24)22-20-12-13-8-10-19-11-9-13)21-16-7-3-5-14-4-1-2-6-15(14)16/h1-12H,(H,21,23)(H,22,24)/b20-12-. The van der Waals surface area contributed by atoms with Crippen LogP contribution in [0, 0.1) is 0 Å². The third kappa shape index (κ3) is 3.61. The van der Waals surface area contributed by atoms with Crippen molar-refractivity contribution in [3.8, 4) is 0 Å². The number of hydrazone groups is 1. The third-order valence-corrected chi connectivity index (χ3v) is 3.33. The van der Waals surface area contributed by atoms with Crippen LogP contribution in [0.3, 0.4) is 0 Å². The fourth-order valence-corrected chi connectivity index (χ4v) is 2.18. The maximum atomic E-state index is 12.0. The van der Waals surface area contributed by atoms with Crippen molar-refractivity contribution in [1.29, 1.82) is 0 Å². The van der Waals surface area contributed by atoms with Gasteiger partial charge in [0.2, 0.25) is 0 Å². The van der Waals surface area contributed by atoms with Gasteiger partial charge in [0.25, 0.3) is 0 Å². The molecule has 2 amide bonds. The van der Waals surface area contributed by atoms with Gasteiger partial charge in [0, 0.05) is 23.5 Å². The van der Waals surface area contributed by atoms with E-state index in [2.05, 4.69) is 20.8 Å². The van der Waals surface area contributed by atoms with Crippen LogP contribution in [0.5, 0.6) is 0 Å². The highest BCUT2D eigenvalue weighted by Gasteiger charge is 2.13. The van der Waals surface area contributed by atoms with Gasteiger partial charge in [0.15, 0.2) is 0 Å². The molecule has 118 valence electrons. The summed E-state index contributed by atoms with van der Waals surface area (Å²) in [5.74, 6) is -1.62. The lowest BCUT2D eigenvalue weighted by Gasteiger charge is -2.07. The average Bonchev–Trinajstić information content (AvgIpc) is 2.63. The molecular weight excluding hydrogens is 304 g/mol. The molecule has 0 spiro atoms. The van der Waals surface area contributed by atoms with Gasteiger partial charge >= 0.3 is 11.8 Å². The van der Waals surface area contributed by atoms with Gasteiger partial charge < -0.3 is 5.32 Å². The maximum Gasteiger partial charge on any atom is 0.329 e. The monoisotopic (exact) mass is 318 g/mol. The van der Waals surface area contributed by atoms with Gasteiger partial charge in [-0.3, -0.25) is 14.6 Å². The number of aromatic nitrogens is 1. The van der Waals surface area contributed by atoms with E-state index in [1.54, 1.807) is 30.6 Å². The lowest BCUT2D eigenvalue weighted by molar-refractivity contribution is -0.136. The van der Waals surface area contributed by atoms with Crippen molar-refractivity contribution in [1.82, 2.24) is 10.4 Å².